The Balaban J connectivity index is 1.29. The zero-order chi connectivity index (χ0) is 53.6. The molecule has 0 spiro atoms. The standard InChI is InChI=1S/C38H62N5O26PS2/c1-13(46)40-20-26(53)32(72-8-4-7-71-12-18-24(51)27(54)29(56)35(66-18)67-30-16(10-45)65-34(62-3)21(25(30)52)41-14(2)47)38(36(57)58,68-31(20)22(49)15(48)9-44)69-70(60,61)63-11-17-23(50)28(55)33(64-17)43-6-5-19(39)42-37(43)59/h5-6,15-18,20-35,44-45,48-56H,4,7-12H2,1-3H3,(H,40,46)(H,41,47)(H,57,58)(H,60,61)(H2,39,42,59)/t15-,16-,17-,18-,20-,21-,22-,23-,24+,25-,26-,27+,28-,29-,30-,31-,32-,33-,34-,35+,38-/m1/s1. The number of thioether (sulfide) groups is 2. The second-order valence-electron chi connectivity index (χ2n) is 17.0. The summed E-state index contributed by atoms with van der Waals surface area (Å²) in [7, 11) is -4.60. The van der Waals surface area contributed by atoms with E-state index in [1.165, 1.54) is 13.2 Å². The second kappa shape index (κ2) is 25.8. The van der Waals surface area contributed by atoms with Gasteiger partial charge in [-0.2, -0.15) is 16.7 Å². The summed E-state index contributed by atoms with van der Waals surface area (Å²) in [5.74, 6) is -7.50. The van der Waals surface area contributed by atoms with Crippen molar-refractivity contribution < 1.29 is 123 Å². The first-order chi connectivity index (χ1) is 33.8. The topological polar surface area (TPSA) is 490 Å². The lowest BCUT2D eigenvalue weighted by molar-refractivity contribution is -0.342. The van der Waals surface area contributed by atoms with Crippen LogP contribution in [0.5, 0.6) is 0 Å². The van der Waals surface area contributed by atoms with E-state index in [1.807, 2.05) is 0 Å². The number of carboxylic acids is 1. The zero-order valence-electron chi connectivity index (χ0n) is 38.5. The van der Waals surface area contributed by atoms with Crippen molar-refractivity contribution in [2.45, 2.75) is 148 Å². The molecule has 4 fully saturated rings. The van der Waals surface area contributed by atoms with Crippen LogP contribution in [0.2, 0.25) is 0 Å². The summed E-state index contributed by atoms with van der Waals surface area (Å²) in [6.45, 7) is -0.883. The van der Waals surface area contributed by atoms with Crippen LogP contribution >= 0.6 is 31.3 Å². The van der Waals surface area contributed by atoms with Crippen LogP contribution in [0.1, 0.15) is 26.5 Å². The van der Waals surface area contributed by atoms with Crippen molar-refractivity contribution in [3.05, 3.63) is 22.7 Å². The van der Waals surface area contributed by atoms with E-state index in [1.54, 1.807) is 0 Å². The third kappa shape index (κ3) is 13.8. The van der Waals surface area contributed by atoms with E-state index in [4.69, 9.17) is 43.2 Å². The van der Waals surface area contributed by atoms with Crippen LogP contribution in [-0.2, 0) is 56.4 Å². The number of phosphoric ester groups is 1. The second-order valence-corrected chi connectivity index (χ2v) is 20.7. The first-order valence-corrected chi connectivity index (χ1v) is 25.7. The van der Waals surface area contributed by atoms with Gasteiger partial charge in [-0.25, -0.2) is 18.7 Å². The summed E-state index contributed by atoms with van der Waals surface area (Å²) in [6, 6.07) is -1.84. The molecule has 2 amide bonds. The number of aliphatic carboxylic acids is 1. The molecule has 1 unspecified atom stereocenters. The van der Waals surface area contributed by atoms with E-state index < -0.39 is 179 Å². The monoisotopic (exact) mass is 1100 g/mol. The molecule has 1 aromatic rings. The molecule has 31 nitrogen and oxygen atoms in total. The van der Waals surface area contributed by atoms with Crippen LogP contribution in [-0.4, -0.2) is 259 Å². The minimum atomic E-state index is -5.83. The zero-order valence-corrected chi connectivity index (χ0v) is 41.0. The lowest BCUT2D eigenvalue weighted by atomic mass is 9.88. The Morgan fingerprint density at radius 1 is 0.889 bits per heavy atom. The third-order valence-corrected chi connectivity index (χ3v) is 15.4. The number of methoxy groups -OCH3 is 1. The van der Waals surface area contributed by atoms with Crippen molar-refractivity contribution >= 4 is 54.9 Å². The number of nitrogens with zero attached hydrogens (tertiary/aromatic N) is 2. The molecule has 5 heterocycles. The molecule has 1 aromatic heterocycles. The summed E-state index contributed by atoms with van der Waals surface area (Å²) < 4.78 is 58.3. The van der Waals surface area contributed by atoms with Crippen LogP contribution in [0, 0.1) is 0 Å². The van der Waals surface area contributed by atoms with Crippen LogP contribution in [0.25, 0.3) is 0 Å². The van der Waals surface area contributed by atoms with Gasteiger partial charge in [0.1, 0.15) is 85.1 Å². The fourth-order valence-electron chi connectivity index (χ4n) is 8.25. The van der Waals surface area contributed by atoms with Crippen molar-refractivity contribution in [3.63, 3.8) is 0 Å². The molecular weight excluding hydrogens is 1040 g/mol. The predicted octanol–water partition coefficient (Wildman–Crippen LogP) is -8.02. The number of phosphoric acid groups is 1. The molecule has 0 bridgehead atoms. The number of carboxylic acid groups (broad SMARTS) is 1. The summed E-state index contributed by atoms with van der Waals surface area (Å²) in [6.07, 6.45) is -28.8. The van der Waals surface area contributed by atoms with Crippen molar-refractivity contribution in [2.24, 2.45) is 0 Å². The van der Waals surface area contributed by atoms with E-state index in [0.717, 1.165) is 36.4 Å². The highest BCUT2D eigenvalue weighted by atomic mass is 32.2. The summed E-state index contributed by atoms with van der Waals surface area (Å²) in [5, 5.41) is 131. The Labute approximate surface area is 417 Å². The van der Waals surface area contributed by atoms with Gasteiger partial charge in [-0.3, -0.25) is 18.7 Å². The first-order valence-electron chi connectivity index (χ1n) is 22.0. The molecule has 0 saturated carbocycles. The number of aliphatic hydroxyl groups is 11. The Bertz CT molecular complexity index is 2090. The van der Waals surface area contributed by atoms with Crippen LogP contribution in [0.15, 0.2) is 17.1 Å². The highest BCUT2D eigenvalue weighted by Gasteiger charge is 2.65. The number of aliphatic hydroxyl groups excluding tert-OH is 11. The Kier molecular flexibility index (Phi) is 21.6. The van der Waals surface area contributed by atoms with E-state index in [0.29, 0.717) is 11.8 Å². The fourth-order valence-corrected chi connectivity index (χ4v) is 11.9. The SMILES string of the molecule is CO[C@@H]1O[C@H](CO)[C@@H](O[C@@H]2O[C@H](CSCCCS[C@@H]3[C@H](O)[C@@H](NC(C)=O)[C@H]([C@H](O)[C@H](O)CO)O[C@]3(OP(=O)(O)OC[C@H]3O[C@@H](n4ccc(N)nc4=O)[C@H](O)[C@@H]3O)C(=O)O)[C@H](O)[C@H](O)[C@H]2O)[C@H](O)[C@H]1NC(C)=O. The number of nitrogens with two attached hydrogens (primary N) is 1. The molecule has 34 heteroatoms. The van der Waals surface area contributed by atoms with Gasteiger partial charge in [0.2, 0.25) is 11.8 Å². The first kappa shape index (κ1) is 60.1. The summed E-state index contributed by atoms with van der Waals surface area (Å²) in [5.41, 5.74) is 4.50. The molecule has 412 valence electrons. The maximum Gasteiger partial charge on any atom is 0.475 e. The van der Waals surface area contributed by atoms with Gasteiger partial charge in [0.15, 0.2) is 18.8 Å². The highest BCUT2D eigenvalue weighted by molar-refractivity contribution is 8.00. The molecule has 72 heavy (non-hydrogen) atoms. The van der Waals surface area contributed by atoms with Crippen molar-refractivity contribution in [2.75, 3.05) is 49.9 Å². The molecule has 0 aromatic carbocycles. The van der Waals surface area contributed by atoms with E-state index in [9.17, 15) is 89.9 Å². The van der Waals surface area contributed by atoms with E-state index >= 15 is 0 Å². The average Bonchev–Trinajstić information content (AvgIpc) is 3.60. The normalized spacial score (nSPS) is 38.9. The van der Waals surface area contributed by atoms with Gasteiger partial charge < -0.3 is 111 Å². The van der Waals surface area contributed by atoms with E-state index in [-0.39, 0.29) is 29.5 Å². The minimum Gasteiger partial charge on any atom is -0.477 e. The number of aromatic nitrogens is 2. The molecule has 17 N–H and O–H groups in total. The quantitative estimate of drug-likeness (QED) is 0.0357. The molecular formula is C38H62N5O26PS2. The molecule has 4 aliphatic heterocycles. The maximum atomic E-state index is 13.7. The van der Waals surface area contributed by atoms with Crippen molar-refractivity contribution in [1.29, 1.82) is 0 Å². The lowest BCUT2D eigenvalue weighted by Gasteiger charge is -2.50. The van der Waals surface area contributed by atoms with Gasteiger partial charge in [0, 0.05) is 32.9 Å². The van der Waals surface area contributed by atoms with Crippen LogP contribution < -0.4 is 22.1 Å². The molecule has 0 radical (unpaired) electrons. The van der Waals surface area contributed by atoms with Crippen LogP contribution in [0.3, 0.4) is 0 Å². The maximum absolute atomic E-state index is 13.7. The van der Waals surface area contributed by atoms with Gasteiger partial charge in [-0.1, -0.05) is 0 Å². The molecule has 5 rings (SSSR count). The predicted molar refractivity (Wildman–Crippen MR) is 240 cm³/mol. The number of hydrogen-bond acceptors (Lipinski definition) is 28. The Morgan fingerprint density at radius 2 is 1.53 bits per heavy atom. The van der Waals surface area contributed by atoms with E-state index in [2.05, 4.69) is 15.6 Å². The minimum absolute atomic E-state index is 0.0809. The number of carbonyl (C=O) groups is 3. The lowest BCUT2D eigenvalue weighted by Crippen LogP contribution is -2.73. The number of amides is 2. The number of anilines is 1. The van der Waals surface area contributed by atoms with Gasteiger partial charge in [-0.05, 0) is 24.0 Å². The number of ether oxygens (including phenoxy) is 6. The Hall–Kier alpha value is -2.78. The van der Waals surface area contributed by atoms with Crippen molar-refractivity contribution in [1.82, 2.24) is 20.2 Å². The van der Waals surface area contributed by atoms with Crippen molar-refractivity contribution in [3.8, 4) is 0 Å². The van der Waals surface area contributed by atoms with Gasteiger partial charge in [0.25, 0.3) is 5.79 Å². The number of rotatable bonds is 23. The summed E-state index contributed by atoms with van der Waals surface area (Å²) >= 11 is 1.65. The third-order valence-electron chi connectivity index (χ3n) is 11.8. The Morgan fingerprint density at radius 3 is 2.12 bits per heavy atom. The van der Waals surface area contributed by atoms with Gasteiger partial charge in [-0.15, -0.1) is 11.8 Å². The number of nitrogens with one attached hydrogen (secondary N) is 2. The highest BCUT2D eigenvalue weighted by Crippen LogP contribution is 2.53. The molecule has 0 aliphatic carbocycles. The average molecular weight is 1100 g/mol. The number of hydrogen-bond donors (Lipinski definition) is 16. The smallest absolute Gasteiger partial charge is 0.475 e. The number of carbonyl (C=O) groups excluding carboxylic acids is 2. The largest absolute Gasteiger partial charge is 0.477 e. The fraction of sp³-hybridized carbons (Fsp3) is 0.816. The molecule has 4 saturated heterocycles. The molecule has 4 aliphatic rings. The van der Waals surface area contributed by atoms with Crippen LogP contribution in [0.4, 0.5) is 5.82 Å². The number of nitrogen functional groups attached to an aromatic ring is 1. The van der Waals surface area contributed by atoms with Gasteiger partial charge >= 0.3 is 19.5 Å². The van der Waals surface area contributed by atoms with Gasteiger partial charge in [0.05, 0.1) is 43.3 Å². The summed E-state index contributed by atoms with van der Waals surface area (Å²) in [4.78, 5) is 64.4. The molecule has 22 atom stereocenters.